The molecular formula is C27H29ClN2O3S. The maximum absolute atomic E-state index is 13.5. The molecule has 3 aromatic rings. The Bertz CT molecular complexity index is 1240. The summed E-state index contributed by atoms with van der Waals surface area (Å²) in [5.41, 5.74) is 4.23. The molecule has 0 unspecified atom stereocenters. The number of benzene rings is 3. The Hall–Kier alpha value is -2.83. The molecule has 178 valence electrons. The van der Waals surface area contributed by atoms with Crippen LogP contribution in [-0.4, -0.2) is 20.9 Å². The van der Waals surface area contributed by atoms with Gasteiger partial charge in [-0.15, -0.1) is 0 Å². The normalized spacial score (nSPS) is 14.2. The largest absolute Gasteiger partial charge is 0.348 e. The van der Waals surface area contributed by atoms with Crippen molar-refractivity contribution in [2.24, 2.45) is 0 Å². The number of nitrogens with one attached hydrogen (secondary N) is 1. The minimum absolute atomic E-state index is 0.0790. The summed E-state index contributed by atoms with van der Waals surface area (Å²) in [7, 11) is -3.97. The molecule has 0 saturated heterocycles. The van der Waals surface area contributed by atoms with Crippen LogP contribution >= 0.6 is 11.6 Å². The zero-order chi connectivity index (χ0) is 24.1. The van der Waals surface area contributed by atoms with Crippen molar-refractivity contribution in [1.82, 2.24) is 5.32 Å². The van der Waals surface area contributed by atoms with Crippen molar-refractivity contribution in [3.63, 3.8) is 0 Å². The lowest BCUT2D eigenvalue weighted by atomic mass is 9.89. The Kier molecular flexibility index (Phi) is 7.59. The van der Waals surface area contributed by atoms with Gasteiger partial charge in [-0.2, -0.15) is 0 Å². The smallest absolute Gasteiger partial charge is 0.264 e. The third-order valence-corrected chi connectivity index (χ3v) is 8.29. The van der Waals surface area contributed by atoms with Gasteiger partial charge in [0.1, 0.15) is 6.54 Å². The minimum atomic E-state index is -3.97. The molecule has 1 aliphatic carbocycles. The summed E-state index contributed by atoms with van der Waals surface area (Å²) >= 11 is 5.95. The number of sulfonamides is 1. The topological polar surface area (TPSA) is 66.5 Å². The number of halogens is 1. The van der Waals surface area contributed by atoms with Gasteiger partial charge in [-0.3, -0.25) is 9.10 Å². The number of aryl methyl sites for hydroxylation is 2. The Morgan fingerprint density at radius 1 is 0.971 bits per heavy atom. The first-order chi connectivity index (χ1) is 16.4. The lowest BCUT2D eigenvalue weighted by Gasteiger charge is -2.26. The average Bonchev–Trinajstić information content (AvgIpc) is 2.86. The predicted molar refractivity (Wildman–Crippen MR) is 137 cm³/mol. The first-order valence-electron chi connectivity index (χ1n) is 11.6. The van der Waals surface area contributed by atoms with E-state index < -0.39 is 10.0 Å². The second kappa shape index (κ2) is 10.6. The maximum atomic E-state index is 13.5. The van der Waals surface area contributed by atoms with E-state index in [9.17, 15) is 13.2 Å². The van der Waals surface area contributed by atoms with E-state index in [1.165, 1.54) is 48.2 Å². The molecule has 0 bridgehead atoms. The first-order valence-corrected chi connectivity index (χ1v) is 13.4. The van der Waals surface area contributed by atoms with Crippen molar-refractivity contribution >= 4 is 33.2 Å². The van der Waals surface area contributed by atoms with E-state index in [2.05, 4.69) is 23.5 Å². The molecule has 1 N–H and O–H groups in total. The van der Waals surface area contributed by atoms with Crippen LogP contribution < -0.4 is 9.62 Å². The van der Waals surface area contributed by atoms with Gasteiger partial charge in [0, 0.05) is 5.02 Å². The van der Waals surface area contributed by atoms with Crippen molar-refractivity contribution in [3.8, 4) is 0 Å². The summed E-state index contributed by atoms with van der Waals surface area (Å²) in [5.74, 6) is -0.356. The van der Waals surface area contributed by atoms with Gasteiger partial charge in [0.15, 0.2) is 0 Å². The molecule has 0 aromatic heterocycles. The standard InChI is InChI=1S/C27H29ClN2O3S/c1-2-26(22-13-12-20-8-6-7-9-21(20)18-22)29-27(31)19-30(24-10-4-3-5-11-24)34(32,33)25-16-14-23(28)15-17-25/h3-5,10-18,26H,2,6-9,19H2,1H3,(H,29,31)/t26-/m0/s1. The van der Waals surface area contributed by atoms with Gasteiger partial charge >= 0.3 is 0 Å². The molecule has 3 aromatic carbocycles. The van der Waals surface area contributed by atoms with Gasteiger partial charge in [0.25, 0.3) is 10.0 Å². The lowest BCUT2D eigenvalue weighted by Crippen LogP contribution is -2.42. The molecule has 0 aliphatic heterocycles. The van der Waals surface area contributed by atoms with Gasteiger partial charge < -0.3 is 5.32 Å². The van der Waals surface area contributed by atoms with Crippen LogP contribution in [0.4, 0.5) is 5.69 Å². The quantitative estimate of drug-likeness (QED) is 0.436. The van der Waals surface area contributed by atoms with Crippen LogP contribution in [0, 0.1) is 0 Å². The van der Waals surface area contributed by atoms with E-state index in [1.807, 2.05) is 6.92 Å². The molecule has 34 heavy (non-hydrogen) atoms. The van der Waals surface area contributed by atoms with Crippen molar-refractivity contribution in [1.29, 1.82) is 0 Å². The van der Waals surface area contributed by atoms with Crippen LogP contribution in [0.15, 0.2) is 77.7 Å². The average molecular weight is 497 g/mol. The molecule has 0 radical (unpaired) electrons. The fourth-order valence-electron chi connectivity index (χ4n) is 4.40. The number of anilines is 1. The Labute approximate surface area is 206 Å². The Morgan fingerprint density at radius 3 is 2.32 bits per heavy atom. The van der Waals surface area contributed by atoms with E-state index in [1.54, 1.807) is 30.3 Å². The number of amides is 1. The highest BCUT2D eigenvalue weighted by Crippen LogP contribution is 2.27. The van der Waals surface area contributed by atoms with Gasteiger partial charge in [-0.1, -0.05) is 54.9 Å². The summed E-state index contributed by atoms with van der Waals surface area (Å²) in [6.07, 6.45) is 5.29. The summed E-state index contributed by atoms with van der Waals surface area (Å²) in [4.78, 5) is 13.2. The highest BCUT2D eigenvalue weighted by molar-refractivity contribution is 7.92. The van der Waals surface area contributed by atoms with Crippen molar-refractivity contribution < 1.29 is 13.2 Å². The summed E-state index contributed by atoms with van der Waals surface area (Å²) in [5, 5.41) is 3.50. The van der Waals surface area contributed by atoms with Gasteiger partial charge in [-0.25, -0.2) is 8.42 Å². The molecule has 7 heteroatoms. The third-order valence-electron chi connectivity index (χ3n) is 6.25. The Morgan fingerprint density at radius 2 is 1.65 bits per heavy atom. The van der Waals surface area contributed by atoms with Gasteiger partial charge in [-0.05, 0) is 85.2 Å². The van der Waals surface area contributed by atoms with E-state index in [0.29, 0.717) is 17.1 Å². The van der Waals surface area contributed by atoms with Crippen molar-refractivity contribution in [2.45, 2.75) is 50.0 Å². The molecule has 1 atom stereocenters. The minimum Gasteiger partial charge on any atom is -0.348 e. The van der Waals surface area contributed by atoms with E-state index in [4.69, 9.17) is 11.6 Å². The predicted octanol–water partition coefficient (Wildman–Crippen LogP) is 5.68. The van der Waals surface area contributed by atoms with Crippen LogP contribution in [0.2, 0.25) is 5.02 Å². The second-order valence-electron chi connectivity index (χ2n) is 8.56. The van der Waals surface area contributed by atoms with Crippen molar-refractivity contribution in [2.75, 3.05) is 10.8 Å². The molecule has 0 fully saturated rings. The maximum Gasteiger partial charge on any atom is 0.264 e. The van der Waals surface area contributed by atoms with Gasteiger partial charge in [0.2, 0.25) is 5.91 Å². The number of carbonyl (C=O) groups is 1. The lowest BCUT2D eigenvalue weighted by molar-refractivity contribution is -0.120. The Balaban J connectivity index is 1.57. The molecular weight excluding hydrogens is 468 g/mol. The second-order valence-corrected chi connectivity index (χ2v) is 10.9. The van der Waals surface area contributed by atoms with Crippen LogP contribution in [0.1, 0.15) is 48.9 Å². The molecule has 5 nitrogen and oxygen atoms in total. The molecule has 0 heterocycles. The number of nitrogens with zero attached hydrogens (tertiary/aromatic N) is 1. The fraction of sp³-hybridized carbons (Fsp3) is 0.296. The summed E-state index contributed by atoms with van der Waals surface area (Å²) in [6, 6.07) is 20.9. The molecule has 1 aliphatic rings. The molecule has 0 spiro atoms. The third kappa shape index (κ3) is 5.45. The fourth-order valence-corrected chi connectivity index (χ4v) is 5.95. The molecule has 0 saturated carbocycles. The monoisotopic (exact) mass is 496 g/mol. The van der Waals surface area contributed by atoms with E-state index in [0.717, 1.165) is 22.7 Å². The zero-order valence-electron chi connectivity index (χ0n) is 19.2. The highest BCUT2D eigenvalue weighted by atomic mass is 35.5. The molecule has 1 amide bonds. The molecule has 4 rings (SSSR count). The number of hydrogen-bond donors (Lipinski definition) is 1. The zero-order valence-corrected chi connectivity index (χ0v) is 20.8. The van der Waals surface area contributed by atoms with E-state index in [-0.39, 0.29) is 23.4 Å². The SMILES string of the molecule is CC[C@H](NC(=O)CN(c1ccccc1)S(=O)(=O)c1ccc(Cl)cc1)c1ccc2c(c1)CCCC2. The number of hydrogen-bond acceptors (Lipinski definition) is 3. The summed E-state index contributed by atoms with van der Waals surface area (Å²) < 4.78 is 28.1. The van der Waals surface area contributed by atoms with E-state index >= 15 is 0 Å². The number of fused-ring (bicyclic) bond motifs is 1. The highest BCUT2D eigenvalue weighted by Gasteiger charge is 2.28. The number of carbonyl (C=O) groups excluding carboxylic acids is 1. The van der Waals surface area contributed by atoms with Crippen molar-refractivity contribution in [3.05, 3.63) is 94.5 Å². The van der Waals surface area contributed by atoms with Gasteiger partial charge in [0.05, 0.1) is 16.6 Å². The van der Waals surface area contributed by atoms with Crippen LogP contribution in [-0.2, 0) is 27.7 Å². The number of para-hydroxylation sites is 1. The summed E-state index contributed by atoms with van der Waals surface area (Å²) in [6.45, 7) is 1.69. The van der Waals surface area contributed by atoms with Crippen LogP contribution in [0.3, 0.4) is 0 Å². The van der Waals surface area contributed by atoms with Crippen LogP contribution in [0.25, 0.3) is 0 Å². The number of rotatable bonds is 8. The van der Waals surface area contributed by atoms with Crippen LogP contribution in [0.5, 0.6) is 0 Å². The first kappa shape index (κ1) is 24.3.